The van der Waals surface area contributed by atoms with Crippen molar-refractivity contribution in [2.75, 3.05) is 18.6 Å². The molecule has 44 heavy (non-hydrogen) atoms. The van der Waals surface area contributed by atoms with Gasteiger partial charge in [0.15, 0.2) is 11.5 Å². The zero-order chi connectivity index (χ0) is 31.1. The Bertz CT molecular complexity index is 1430. The lowest BCUT2D eigenvalue weighted by Gasteiger charge is -2.39. The number of hydrogen-bond donors (Lipinski definition) is 7. The van der Waals surface area contributed by atoms with Gasteiger partial charge < -0.3 is 55.3 Å². The van der Waals surface area contributed by atoms with Crippen LogP contribution in [0.5, 0.6) is 11.5 Å². The number of rotatable bonds is 8. The molecule has 2 aromatic rings. The Hall–Kier alpha value is -3.73. The van der Waals surface area contributed by atoms with E-state index in [0.717, 1.165) is 32.1 Å². The van der Waals surface area contributed by atoms with Gasteiger partial charge in [0.05, 0.1) is 29.6 Å². The van der Waals surface area contributed by atoms with E-state index in [1.165, 1.54) is 12.1 Å². The van der Waals surface area contributed by atoms with Crippen LogP contribution in [-0.2, 0) is 11.8 Å². The Morgan fingerprint density at radius 1 is 1.11 bits per heavy atom. The highest BCUT2D eigenvalue weighted by molar-refractivity contribution is 6.03. The molecule has 0 spiro atoms. The van der Waals surface area contributed by atoms with Gasteiger partial charge in [-0.2, -0.15) is 0 Å². The molecule has 1 aliphatic carbocycles. The Morgan fingerprint density at radius 2 is 1.93 bits per heavy atom. The highest BCUT2D eigenvalue weighted by atomic mass is 16.7. The number of nitrogens with zero attached hydrogens (tertiary/aromatic N) is 3. The molecule has 2 unspecified atom stereocenters. The first-order chi connectivity index (χ1) is 21.1. The van der Waals surface area contributed by atoms with Crippen molar-refractivity contribution in [2.45, 2.75) is 80.9 Å². The summed E-state index contributed by atoms with van der Waals surface area (Å²) in [5.74, 6) is -0.500. The van der Waals surface area contributed by atoms with Crippen molar-refractivity contribution in [1.29, 1.82) is 0 Å². The summed E-state index contributed by atoms with van der Waals surface area (Å²) >= 11 is 0. The summed E-state index contributed by atoms with van der Waals surface area (Å²) in [7, 11) is 1.71. The van der Waals surface area contributed by atoms with Crippen LogP contribution < -0.4 is 26.1 Å². The number of nitrogens with one attached hydrogen (secondary N) is 2. The summed E-state index contributed by atoms with van der Waals surface area (Å²) in [6.45, 7) is -0.0612. The van der Waals surface area contributed by atoms with Crippen LogP contribution in [0.4, 0.5) is 11.4 Å². The molecule has 3 fully saturated rings. The van der Waals surface area contributed by atoms with Crippen molar-refractivity contribution in [1.82, 2.24) is 14.8 Å². The summed E-state index contributed by atoms with van der Waals surface area (Å²) in [5.41, 5.74) is 10.1. The number of fused-ring (bicyclic) bond motifs is 2. The second-order valence-electron chi connectivity index (χ2n) is 11.7. The summed E-state index contributed by atoms with van der Waals surface area (Å²) in [6.07, 6.45) is 0.0601. The number of aliphatic hydroxyl groups is 4. The van der Waals surface area contributed by atoms with E-state index in [4.69, 9.17) is 20.0 Å². The van der Waals surface area contributed by atoms with E-state index in [0.29, 0.717) is 23.6 Å². The van der Waals surface area contributed by atoms with Crippen LogP contribution in [0, 0.1) is 0 Å². The van der Waals surface area contributed by atoms with E-state index in [1.807, 2.05) is 0 Å². The molecule has 15 nitrogen and oxygen atoms in total. The number of nitrogens with two attached hydrogens (primary N) is 1. The van der Waals surface area contributed by atoms with Crippen LogP contribution in [0.15, 0.2) is 29.4 Å². The first-order valence-corrected chi connectivity index (χ1v) is 14.8. The van der Waals surface area contributed by atoms with Gasteiger partial charge in [-0.25, -0.2) is 5.48 Å². The van der Waals surface area contributed by atoms with E-state index >= 15 is 0 Å². The average molecular weight is 615 g/mol. The van der Waals surface area contributed by atoms with Gasteiger partial charge in [0, 0.05) is 44.2 Å². The lowest BCUT2D eigenvalue weighted by Crippen LogP contribution is -2.60. The van der Waals surface area contributed by atoms with E-state index in [2.05, 4.69) is 15.8 Å². The minimum absolute atomic E-state index is 0.0348. The van der Waals surface area contributed by atoms with Gasteiger partial charge in [-0.05, 0) is 44.2 Å². The number of hydrogen-bond acceptors (Lipinski definition) is 12. The maximum atomic E-state index is 13.6. The first-order valence-electron chi connectivity index (χ1n) is 14.8. The normalized spacial score (nSPS) is 31.3. The fraction of sp³-hybridized carbons (Fsp3) is 0.552. The monoisotopic (exact) mass is 614 g/mol. The van der Waals surface area contributed by atoms with Crippen molar-refractivity contribution in [3.63, 3.8) is 0 Å². The average Bonchev–Trinajstić information content (AvgIpc) is 3.34. The fourth-order valence-corrected chi connectivity index (χ4v) is 5.88. The molecule has 8 N–H and O–H groups in total. The first kappa shape index (κ1) is 30.3. The molecule has 238 valence electrons. The number of anilines is 1. The standard InChI is InChI=1S/C29H38N6O9/c1-34-12-14(8-20(34)27(40)32-18-6-5-17(18)30)33-44-22-10-19-16(28(41)35-7-3-2-4-15(35)11-31-19)9-21(22)42-29-26(39)25(38)24(37)23(13-36)43-29/h8-12,15,17-18,23-26,29,33,36-39H,2-7,13,30H2,1H3,(H,32,40)/t15-,17?,18-,23?,24-,25-,26+,29+/m0/s1. The molecule has 15 heteroatoms. The number of aryl methyl sites for hydroxylation is 1. The SMILES string of the molecule is Cn1cc(NOc2cc3c(cc2O[C@@H]2OC(CO)[C@H](O)[C@H](O)[C@H]2O)C(=O)N2CCCC[C@H]2C=N3)cc1C(=O)N[C@H]1CCC1N. The van der Waals surface area contributed by atoms with Gasteiger partial charge in [-0.3, -0.25) is 14.6 Å². The number of piperidine rings is 1. The van der Waals surface area contributed by atoms with Crippen LogP contribution in [0.3, 0.4) is 0 Å². The molecule has 0 bridgehead atoms. The van der Waals surface area contributed by atoms with Crippen LogP contribution in [0.1, 0.15) is 53.0 Å². The second kappa shape index (κ2) is 12.3. The molecule has 0 radical (unpaired) electrons. The van der Waals surface area contributed by atoms with Gasteiger partial charge >= 0.3 is 0 Å². The third-order valence-corrected chi connectivity index (χ3v) is 8.74. The molecule has 1 aromatic heterocycles. The molecule has 4 heterocycles. The van der Waals surface area contributed by atoms with E-state index in [-0.39, 0.29) is 47.0 Å². The number of aliphatic imine (C=N–C) groups is 1. The number of carbonyl (C=O) groups excluding carboxylic acids is 2. The fourth-order valence-electron chi connectivity index (χ4n) is 5.88. The molecule has 8 atom stereocenters. The highest BCUT2D eigenvalue weighted by Gasteiger charge is 2.45. The van der Waals surface area contributed by atoms with Gasteiger partial charge in [0.2, 0.25) is 6.29 Å². The molecule has 1 saturated carbocycles. The van der Waals surface area contributed by atoms with Gasteiger partial charge in [-0.1, -0.05) is 0 Å². The summed E-state index contributed by atoms with van der Waals surface area (Å²) in [4.78, 5) is 38.6. The second-order valence-corrected chi connectivity index (χ2v) is 11.7. The number of aromatic nitrogens is 1. The predicted octanol–water partition coefficient (Wildman–Crippen LogP) is -0.460. The molecule has 3 aliphatic heterocycles. The van der Waals surface area contributed by atoms with E-state index < -0.39 is 37.3 Å². The number of carbonyl (C=O) groups is 2. The molecule has 2 amide bonds. The zero-order valence-corrected chi connectivity index (χ0v) is 24.2. The van der Waals surface area contributed by atoms with Crippen molar-refractivity contribution in [3.8, 4) is 11.5 Å². The van der Waals surface area contributed by atoms with E-state index in [9.17, 15) is 30.0 Å². The van der Waals surface area contributed by atoms with Gasteiger partial charge in [-0.15, -0.1) is 0 Å². The lowest BCUT2D eigenvalue weighted by molar-refractivity contribution is -0.277. The summed E-state index contributed by atoms with van der Waals surface area (Å²) in [5, 5.41) is 43.6. The van der Waals surface area contributed by atoms with E-state index in [1.54, 1.807) is 35.0 Å². The Kier molecular flexibility index (Phi) is 8.50. The van der Waals surface area contributed by atoms with Crippen molar-refractivity contribution >= 4 is 29.4 Å². The maximum absolute atomic E-state index is 13.6. The maximum Gasteiger partial charge on any atom is 0.268 e. The molecule has 2 saturated heterocycles. The number of ether oxygens (including phenoxy) is 2. The molecular formula is C29H38N6O9. The Balaban J connectivity index is 1.28. The van der Waals surface area contributed by atoms with Gasteiger partial charge in [0.25, 0.3) is 11.8 Å². The molecule has 6 rings (SSSR count). The lowest BCUT2D eigenvalue weighted by atomic mass is 9.87. The predicted molar refractivity (Wildman–Crippen MR) is 156 cm³/mol. The Labute approximate surface area is 253 Å². The third-order valence-electron chi connectivity index (χ3n) is 8.74. The van der Waals surface area contributed by atoms with Gasteiger partial charge in [0.1, 0.15) is 30.1 Å². The molecule has 1 aromatic carbocycles. The summed E-state index contributed by atoms with van der Waals surface area (Å²) in [6, 6.07) is 4.24. The minimum Gasteiger partial charge on any atom is -0.458 e. The zero-order valence-electron chi connectivity index (χ0n) is 24.2. The third kappa shape index (κ3) is 5.74. The van der Waals surface area contributed by atoms with Crippen LogP contribution in [0.2, 0.25) is 0 Å². The smallest absolute Gasteiger partial charge is 0.268 e. The summed E-state index contributed by atoms with van der Waals surface area (Å²) < 4.78 is 13.1. The Morgan fingerprint density at radius 3 is 2.66 bits per heavy atom. The quantitative estimate of drug-likeness (QED) is 0.189. The van der Waals surface area contributed by atoms with Crippen LogP contribution in [0.25, 0.3) is 0 Å². The van der Waals surface area contributed by atoms with Crippen LogP contribution >= 0.6 is 0 Å². The molecule has 4 aliphatic rings. The number of amides is 2. The topological polar surface area (TPSA) is 213 Å². The highest BCUT2D eigenvalue weighted by Crippen LogP contribution is 2.39. The molecular weight excluding hydrogens is 576 g/mol. The number of aliphatic hydroxyl groups excluding tert-OH is 4. The van der Waals surface area contributed by atoms with Crippen molar-refractivity contribution in [2.24, 2.45) is 17.8 Å². The largest absolute Gasteiger partial charge is 0.458 e. The minimum atomic E-state index is -1.69. The van der Waals surface area contributed by atoms with Crippen molar-refractivity contribution < 1.29 is 44.3 Å². The van der Waals surface area contributed by atoms with Crippen LogP contribution in [-0.4, -0.2) is 110 Å². The number of benzene rings is 1. The van der Waals surface area contributed by atoms with Crippen molar-refractivity contribution in [3.05, 3.63) is 35.7 Å².